The van der Waals surface area contributed by atoms with Gasteiger partial charge < -0.3 is 4.74 Å². The van der Waals surface area contributed by atoms with E-state index in [1.165, 1.54) is 5.57 Å². The van der Waals surface area contributed by atoms with Crippen molar-refractivity contribution in [2.75, 3.05) is 6.61 Å². The summed E-state index contributed by atoms with van der Waals surface area (Å²) < 4.78 is 7.95. The molecule has 4 nitrogen and oxygen atoms in total. The molecule has 0 aliphatic carbocycles. The van der Waals surface area contributed by atoms with Crippen molar-refractivity contribution in [2.45, 2.75) is 68.9 Å². The monoisotopic (exact) mass is 430 g/mol. The number of hydrogen-bond donors (Lipinski definition) is 0. The molecule has 0 amide bonds. The van der Waals surface area contributed by atoms with Gasteiger partial charge in [-0.3, -0.25) is 4.79 Å². The van der Waals surface area contributed by atoms with Crippen LogP contribution in [0.4, 0.5) is 0 Å². The number of carbonyl (C=O) groups excluding carboxylic acids is 1. The van der Waals surface area contributed by atoms with Gasteiger partial charge in [0, 0.05) is 17.1 Å². The first-order valence-corrected chi connectivity index (χ1v) is 11.0. The van der Waals surface area contributed by atoms with E-state index in [4.69, 9.17) is 16.3 Å². The van der Waals surface area contributed by atoms with Gasteiger partial charge in [-0.25, -0.2) is 4.68 Å². The number of benzene rings is 1. The molecule has 1 aromatic heterocycles. The lowest BCUT2D eigenvalue weighted by Crippen LogP contribution is -2.15. The van der Waals surface area contributed by atoms with E-state index < -0.39 is 0 Å². The topological polar surface area (TPSA) is 44.1 Å². The second-order valence-electron chi connectivity index (χ2n) is 9.10. The van der Waals surface area contributed by atoms with E-state index in [1.54, 1.807) is 0 Å². The van der Waals surface area contributed by atoms with Crippen molar-refractivity contribution < 1.29 is 9.53 Å². The Labute approximate surface area is 186 Å². The first-order valence-electron chi connectivity index (χ1n) is 10.6. The summed E-state index contributed by atoms with van der Waals surface area (Å²) >= 11 is 6.51. The van der Waals surface area contributed by atoms with Gasteiger partial charge >= 0.3 is 0 Å². The zero-order valence-electron chi connectivity index (χ0n) is 19.8. The Morgan fingerprint density at radius 1 is 1.07 bits per heavy atom. The van der Waals surface area contributed by atoms with Gasteiger partial charge in [0.25, 0.3) is 0 Å². The molecule has 1 heterocycles. The second-order valence-corrected chi connectivity index (χ2v) is 9.50. The Balaban J connectivity index is 2.65. The average molecular weight is 431 g/mol. The molecule has 0 saturated carbocycles. The van der Waals surface area contributed by atoms with Crippen LogP contribution in [0.2, 0.25) is 5.02 Å². The second kappa shape index (κ2) is 9.82. The van der Waals surface area contributed by atoms with Gasteiger partial charge in [0.1, 0.15) is 5.56 Å². The van der Waals surface area contributed by atoms with Crippen LogP contribution in [-0.2, 0) is 6.54 Å². The molecule has 164 valence electrons. The van der Waals surface area contributed by atoms with Crippen molar-refractivity contribution >= 4 is 23.0 Å². The molecule has 0 atom stereocenters. The molecular weight excluding hydrogens is 396 g/mol. The summed E-state index contributed by atoms with van der Waals surface area (Å²) in [6, 6.07) is 3.62. The number of ether oxygens (including phenoxy) is 1. The molecule has 1 aromatic carbocycles. The minimum atomic E-state index is -0.0711. The highest BCUT2D eigenvalue weighted by molar-refractivity contribution is 6.32. The Kier molecular flexibility index (Phi) is 7.93. The summed E-state index contributed by atoms with van der Waals surface area (Å²) in [5.41, 5.74) is 5.95. The Hall–Kier alpha value is -2.07. The third kappa shape index (κ3) is 5.15. The van der Waals surface area contributed by atoms with Crippen LogP contribution in [0.1, 0.15) is 81.2 Å². The number of hydrogen-bond acceptors (Lipinski definition) is 3. The van der Waals surface area contributed by atoms with Crippen LogP contribution in [0.15, 0.2) is 17.7 Å². The zero-order valence-corrected chi connectivity index (χ0v) is 20.6. The van der Waals surface area contributed by atoms with Gasteiger partial charge in [0.15, 0.2) is 0 Å². The normalized spacial score (nSPS) is 11.3. The van der Waals surface area contributed by atoms with Crippen LogP contribution in [0.5, 0.6) is 5.88 Å². The number of allylic oxidation sites excluding steroid dienone is 2. The number of nitrogens with zero attached hydrogens (tertiary/aromatic N) is 2. The first kappa shape index (κ1) is 24.2. The van der Waals surface area contributed by atoms with Crippen molar-refractivity contribution in [3.05, 3.63) is 50.7 Å². The molecule has 2 rings (SSSR count). The molecular formula is C25H35ClN2O2. The molecule has 5 heteroatoms. The SMILES string of the molecule is CC(C)=C(C)c1c(Cl)ccc(C(=O)c2c(C)nn(CC(C)C)c2OCC(C)C)c1C. The smallest absolute Gasteiger partial charge is 0.223 e. The van der Waals surface area contributed by atoms with Crippen molar-refractivity contribution in [2.24, 2.45) is 11.8 Å². The third-order valence-corrected chi connectivity index (χ3v) is 5.50. The van der Waals surface area contributed by atoms with Gasteiger partial charge in [-0.1, -0.05) is 44.9 Å². The van der Waals surface area contributed by atoms with Gasteiger partial charge in [0.05, 0.1) is 12.3 Å². The molecule has 0 spiro atoms. The van der Waals surface area contributed by atoms with E-state index in [0.29, 0.717) is 52.7 Å². The summed E-state index contributed by atoms with van der Waals surface area (Å²) in [4.78, 5) is 13.7. The fourth-order valence-electron chi connectivity index (χ4n) is 3.45. The van der Waals surface area contributed by atoms with Crippen LogP contribution < -0.4 is 4.74 Å². The van der Waals surface area contributed by atoms with Crippen molar-refractivity contribution in [1.82, 2.24) is 9.78 Å². The molecule has 0 unspecified atom stereocenters. The lowest BCUT2D eigenvalue weighted by atomic mass is 9.91. The molecule has 0 N–H and O–H groups in total. The van der Waals surface area contributed by atoms with Crippen LogP contribution >= 0.6 is 11.6 Å². The zero-order chi connectivity index (χ0) is 22.7. The Morgan fingerprint density at radius 2 is 1.70 bits per heavy atom. The van der Waals surface area contributed by atoms with Crippen molar-refractivity contribution in [3.8, 4) is 5.88 Å². The van der Waals surface area contributed by atoms with E-state index in [9.17, 15) is 4.79 Å². The van der Waals surface area contributed by atoms with E-state index >= 15 is 0 Å². The van der Waals surface area contributed by atoms with Gasteiger partial charge in [-0.15, -0.1) is 0 Å². The molecule has 0 radical (unpaired) electrons. The summed E-state index contributed by atoms with van der Waals surface area (Å²) in [6.45, 7) is 19.7. The number of rotatable bonds is 8. The van der Waals surface area contributed by atoms with E-state index in [0.717, 1.165) is 16.7 Å². The first-order chi connectivity index (χ1) is 14.0. The van der Waals surface area contributed by atoms with Gasteiger partial charge in [0.2, 0.25) is 11.7 Å². The lowest BCUT2D eigenvalue weighted by Gasteiger charge is -2.16. The maximum Gasteiger partial charge on any atom is 0.223 e. The average Bonchev–Trinajstić information content (AvgIpc) is 2.93. The summed E-state index contributed by atoms with van der Waals surface area (Å²) in [7, 11) is 0. The standard InChI is InChI=1S/C25H35ClN2O2/c1-14(2)12-28-25(30-13-15(3)4)23(19(9)27-28)24(29)20-10-11-21(26)22(18(20)8)17(7)16(5)6/h10-11,14-15H,12-13H2,1-9H3. The molecule has 0 fully saturated rings. The fraction of sp³-hybridized carbons (Fsp3) is 0.520. The van der Waals surface area contributed by atoms with Crippen molar-refractivity contribution in [1.29, 1.82) is 0 Å². The molecule has 0 saturated heterocycles. The summed E-state index contributed by atoms with van der Waals surface area (Å²) in [5.74, 6) is 1.23. The van der Waals surface area contributed by atoms with Gasteiger partial charge in [-0.2, -0.15) is 5.10 Å². The quantitative estimate of drug-likeness (QED) is 0.428. The van der Waals surface area contributed by atoms with E-state index in [-0.39, 0.29) is 5.78 Å². The third-order valence-electron chi connectivity index (χ3n) is 5.18. The highest BCUT2D eigenvalue weighted by atomic mass is 35.5. The number of carbonyl (C=O) groups is 1. The number of halogens is 1. The minimum absolute atomic E-state index is 0.0711. The highest BCUT2D eigenvalue weighted by Gasteiger charge is 2.27. The molecule has 2 aromatic rings. The number of aryl methyl sites for hydroxylation is 1. The Bertz CT molecular complexity index is 964. The van der Waals surface area contributed by atoms with Crippen LogP contribution in [0.25, 0.3) is 5.57 Å². The predicted octanol–water partition coefficient (Wildman–Crippen LogP) is 6.89. The fourth-order valence-corrected chi connectivity index (χ4v) is 3.80. The van der Waals surface area contributed by atoms with Crippen molar-refractivity contribution in [3.63, 3.8) is 0 Å². The number of ketones is 1. The van der Waals surface area contributed by atoms with Crippen LogP contribution in [0.3, 0.4) is 0 Å². The molecule has 0 bridgehead atoms. The minimum Gasteiger partial charge on any atom is -0.477 e. The maximum atomic E-state index is 13.7. The largest absolute Gasteiger partial charge is 0.477 e. The number of aromatic nitrogens is 2. The molecule has 30 heavy (non-hydrogen) atoms. The van der Waals surface area contributed by atoms with Gasteiger partial charge in [-0.05, 0) is 75.3 Å². The van der Waals surface area contributed by atoms with E-state index in [2.05, 4.69) is 46.6 Å². The van der Waals surface area contributed by atoms with E-state index in [1.807, 2.05) is 37.6 Å². The van der Waals surface area contributed by atoms with Crippen LogP contribution in [-0.4, -0.2) is 22.2 Å². The van der Waals surface area contributed by atoms with Crippen LogP contribution in [0, 0.1) is 25.7 Å². The predicted molar refractivity (Wildman–Crippen MR) is 126 cm³/mol. The molecule has 0 aliphatic heterocycles. The lowest BCUT2D eigenvalue weighted by molar-refractivity contribution is 0.103. The molecule has 0 aliphatic rings. The summed E-state index contributed by atoms with van der Waals surface area (Å²) in [5, 5.41) is 5.30. The highest BCUT2D eigenvalue weighted by Crippen LogP contribution is 2.34. The Morgan fingerprint density at radius 3 is 2.23 bits per heavy atom. The summed E-state index contributed by atoms with van der Waals surface area (Å²) in [6.07, 6.45) is 0. The maximum absolute atomic E-state index is 13.7.